The van der Waals surface area contributed by atoms with E-state index in [4.69, 9.17) is 15.7 Å². The Balaban J connectivity index is 2.36. The lowest BCUT2D eigenvalue weighted by Gasteiger charge is -2.04. The molecule has 0 bridgehead atoms. The molecule has 0 aliphatic heterocycles. The molecule has 1 aromatic heterocycles. The van der Waals surface area contributed by atoms with Gasteiger partial charge in [-0.05, 0) is 18.9 Å². The van der Waals surface area contributed by atoms with Crippen molar-refractivity contribution in [1.82, 2.24) is 4.57 Å². The van der Waals surface area contributed by atoms with E-state index in [2.05, 4.69) is 0 Å². The molecule has 1 aromatic rings. The summed E-state index contributed by atoms with van der Waals surface area (Å²) in [4.78, 5) is 11.5. The number of hydrogen-bond acceptors (Lipinski definition) is 4. The van der Waals surface area contributed by atoms with Crippen molar-refractivity contribution in [2.45, 2.75) is 19.3 Å². The number of aromatic nitrogens is 1. The van der Waals surface area contributed by atoms with Crippen LogP contribution in [-0.4, -0.2) is 17.1 Å². The summed E-state index contributed by atoms with van der Waals surface area (Å²) >= 11 is 0. The first kappa shape index (κ1) is 12.1. The van der Waals surface area contributed by atoms with Gasteiger partial charge in [0.25, 0.3) is 0 Å². The third-order valence-electron chi connectivity index (χ3n) is 2.15. The Bertz CT molecular complexity index is 404. The third-order valence-corrected chi connectivity index (χ3v) is 2.15. The van der Waals surface area contributed by atoms with Crippen molar-refractivity contribution >= 4 is 11.7 Å². The van der Waals surface area contributed by atoms with Crippen molar-refractivity contribution in [3.05, 3.63) is 18.0 Å². The molecule has 0 amide bonds. The van der Waals surface area contributed by atoms with Crippen molar-refractivity contribution in [2.75, 3.05) is 12.3 Å². The van der Waals surface area contributed by atoms with Crippen LogP contribution in [0.2, 0.25) is 0 Å². The molecule has 0 aliphatic carbocycles. The summed E-state index contributed by atoms with van der Waals surface area (Å²) in [7, 11) is 1.74. The van der Waals surface area contributed by atoms with Crippen molar-refractivity contribution < 1.29 is 9.53 Å². The van der Waals surface area contributed by atoms with Crippen LogP contribution in [0.5, 0.6) is 0 Å². The van der Waals surface area contributed by atoms with E-state index in [1.165, 1.54) is 0 Å². The molecule has 0 saturated carbocycles. The fourth-order valence-corrected chi connectivity index (χ4v) is 1.34. The molecular weight excluding hydrogens is 206 g/mol. The molecular formula is C11H15N3O2. The van der Waals surface area contributed by atoms with E-state index in [1.54, 1.807) is 23.9 Å². The molecule has 5 nitrogen and oxygen atoms in total. The number of aryl methyl sites for hydroxylation is 1. The summed E-state index contributed by atoms with van der Waals surface area (Å²) in [5, 5.41) is 8.32. The fraction of sp³-hybridized carbons (Fsp3) is 0.455. The van der Waals surface area contributed by atoms with Crippen LogP contribution >= 0.6 is 0 Å². The number of anilines is 1. The minimum Gasteiger partial charge on any atom is -0.461 e. The van der Waals surface area contributed by atoms with Crippen LogP contribution in [-0.2, 0) is 11.8 Å². The SMILES string of the molecule is Cn1cc(N)cc1C(=O)OCCCCC#N. The highest BCUT2D eigenvalue weighted by Gasteiger charge is 2.11. The van der Waals surface area contributed by atoms with Gasteiger partial charge in [0.1, 0.15) is 5.69 Å². The normalized spacial score (nSPS) is 9.75. The Labute approximate surface area is 94.4 Å². The molecule has 0 aliphatic rings. The highest BCUT2D eigenvalue weighted by atomic mass is 16.5. The van der Waals surface area contributed by atoms with Crippen LogP contribution < -0.4 is 5.73 Å². The predicted octanol–water partition coefficient (Wildman–Crippen LogP) is 1.46. The second kappa shape index (κ2) is 5.81. The lowest BCUT2D eigenvalue weighted by molar-refractivity contribution is 0.0488. The largest absolute Gasteiger partial charge is 0.461 e. The fourth-order valence-electron chi connectivity index (χ4n) is 1.34. The van der Waals surface area contributed by atoms with Crippen LogP contribution in [0, 0.1) is 11.3 Å². The van der Waals surface area contributed by atoms with E-state index in [9.17, 15) is 4.79 Å². The predicted molar refractivity (Wildman–Crippen MR) is 59.6 cm³/mol. The summed E-state index contributed by atoms with van der Waals surface area (Å²) in [5.41, 5.74) is 6.53. The Kier molecular flexibility index (Phi) is 4.40. The topological polar surface area (TPSA) is 81.0 Å². The standard InChI is InChI=1S/C11H15N3O2/c1-14-8-9(13)7-10(14)11(15)16-6-4-2-3-5-12/h7-8H,2-4,6,13H2,1H3. The van der Waals surface area contributed by atoms with Crippen molar-refractivity contribution in [1.29, 1.82) is 5.26 Å². The number of ether oxygens (including phenoxy) is 1. The average Bonchev–Trinajstić information content (AvgIpc) is 2.57. The smallest absolute Gasteiger partial charge is 0.355 e. The molecule has 2 N–H and O–H groups in total. The zero-order valence-corrected chi connectivity index (χ0v) is 9.27. The quantitative estimate of drug-likeness (QED) is 0.602. The number of unbranched alkanes of at least 4 members (excludes halogenated alkanes) is 2. The molecule has 0 atom stereocenters. The first-order valence-corrected chi connectivity index (χ1v) is 5.11. The van der Waals surface area contributed by atoms with E-state index < -0.39 is 0 Å². The van der Waals surface area contributed by atoms with Crippen molar-refractivity contribution in [3.63, 3.8) is 0 Å². The highest BCUT2D eigenvalue weighted by molar-refractivity contribution is 5.89. The first-order valence-electron chi connectivity index (χ1n) is 5.11. The van der Waals surface area contributed by atoms with Gasteiger partial charge in [-0.3, -0.25) is 0 Å². The minimum atomic E-state index is -0.379. The summed E-state index contributed by atoms with van der Waals surface area (Å²) in [5.74, 6) is -0.379. The zero-order chi connectivity index (χ0) is 12.0. The number of hydrogen-bond donors (Lipinski definition) is 1. The number of carbonyl (C=O) groups is 1. The first-order chi connectivity index (χ1) is 7.65. The van der Waals surface area contributed by atoms with E-state index in [-0.39, 0.29) is 5.97 Å². The number of nitriles is 1. The number of nitrogen functional groups attached to an aromatic ring is 1. The monoisotopic (exact) mass is 221 g/mol. The second-order valence-electron chi connectivity index (χ2n) is 3.52. The summed E-state index contributed by atoms with van der Waals surface area (Å²) in [6.45, 7) is 0.339. The van der Waals surface area contributed by atoms with Crippen LogP contribution in [0.15, 0.2) is 12.3 Å². The Morgan fingerprint density at radius 1 is 1.62 bits per heavy atom. The third kappa shape index (κ3) is 3.31. The molecule has 0 spiro atoms. The van der Waals surface area contributed by atoms with Crippen LogP contribution in [0.1, 0.15) is 29.8 Å². The molecule has 5 heteroatoms. The van der Waals surface area contributed by atoms with Gasteiger partial charge >= 0.3 is 5.97 Å². The molecule has 86 valence electrons. The number of rotatable bonds is 5. The zero-order valence-electron chi connectivity index (χ0n) is 9.27. The van der Waals surface area contributed by atoms with Crippen LogP contribution in [0.3, 0.4) is 0 Å². The second-order valence-corrected chi connectivity index (χ2v) is 3.52. The lowest BCUT2D eigenvalue weighted by atomic mass is 10.3. The van der Waals surface area contributed by atoms with Gasteiger partial charge in [-0.2, -0.15) is 5.26 Å². The van der Waals surface area contributed by atoms with Gasteiger partial charge in [0, 0.05) is 19.7 Å². The summed E-state index contributed by atoms with van der Waals surface area (Å²) < 4.78 is 6.68. The maximum Gasteiger partial charge on any atom is 0.355 e. The van der Waals surface area contributed by atoms with Crippen LogP contribution in [0.25, 0.3) is 0 Å². The van der Waals surface area contributed by atoms with Gasteiger partial charge in [0.05, 0.1) is 18.4 Å². The van der Waals surface area contributed by atoms with E-state index >= 15 is 0 Å². The molecule has 0 fully saturated rings. The van der Waals surface area contributed by atoms with Gasteiger partial charge in [0.15, 0.2) is 0 Å². The number of nitrogens with zero attached hydrogens (tertiary/aromatic N) is 2. The van der Waals surface area contributed by atoms with Gasteiger partial charge in [-0.1, -0.05) is 0 Å². The van der Waals surface area contributed by atoms with E-state index in [0.29, 0.717) is 30.8 Å². The lowest BCUT2D eigenvalue weighted by Crippen LogP contribution is -2.10. The molecule has 1 heterocycles. The summed E-state index contributed by atoms with van der Waals surface area (Å²) in [6.07, 6.45) is 3.61. The van der Waals surface area contributed by atoms with E-state index in [1.807, 2.05) is 6.07 Å². The van der Waals surface area contributed by atoms with Gasteiger partial charge < -0.3 is 15.0 Å². The van der Waals surface area contributed by atoms with Gasteiger partial charge in [-0.25, -0.2) is 4.79 Å². The van der Waals surface area contributed by atoms with Crippen LogP contribution in [0.4, 0.5) is 5.69 Å². The Morgan fingerprint density at radius 3 is 2.94 bits per heavy atom. The molecule has 0 saturated heterocycles. The van der Waals surface area contributed by atoms with Gasteiger partial charge in [0.2, 0.25) is 0 Å². The Morgan fingerprint density at radius 2 is 2.38 bits per heavy atom. The minimum absolute atomic E-state index is 0.339. The highest BCUT2D eigenvalue weighted by Crippen LogP contribution is 2.10. The molecule has 16 heavy (non-hydrogen) atoms. The number of nitrogens with two attached hydrogens (primary N) is 1. The maximum atomic E-state index is 11.5. The van der Waals surface area contributed by atoms with Crippen molar-refractivity contribution in [3.8, 4) is 6.07 Å². The maximum absolute atomic E-state index is 11.5. The molecule has 0 aromatic carbocycles. The van der Waals surface area contributed by atoms with Gasteiger partial charge in [-0.15, -0.1) is 0 Å². The molecule has 0 radical (unpaired) electrons. The average molecular weight is 221 g/mol. The number of carbonyl (C=O) groups excluding carboxylic acids is 1. The van der Waals surface area contributed by atoms with Crippen molar-refractivity contribution in [2.24, 2.45) is 7.05 Å². The molecule has 1 rings (SSSR count). The number of esters is 1. The summed E-state index contributed by atoms with van der Waals surface area (Å²) in [6, 6.07) is 3.62. The Hall–Kier alpha value is -1.96. The van der Waals surface area contributed by atoms with E-state index in [0.717, 1.165) is 6.42 Å². The molecule has 0 unspecified atom stereocenters.